The summed E-state index contributed by atoms with van der Waals surface area (Å²) in [7, 11) is 0. The van der Waals surface area contributed by atoms with Crippen LogP contribution in [0.1, 0.15) is 11.1 Å². The number of para-hydroxylation sites is 2. The van der Waals surface area contributed by atoms with Gasteiger partial charge in [0.25, 0.3) is 0 Å². The molecule has 0 spiro atoms. The highest BCUT2D eigenvalue weighted by Gasteiger charge is 2.18. The van der Waals surface area contributed by atoms with Gasteiger partial charge in [-0.1, -0.05) is 103 Å². The van der Waals surface area contributed by atoms with E-state index in [0.29, 0.717) is 5.95 Å². The average Bonchev–Trinajstić information content (AvgIpc) is 3.79. The van der Waals surface area contributed by atoms with Gasteiger partial charge in [0.15, 0.2) is 0 Å². The third-order valence-corrected chi connectivity index (χ3v) is 11.3. The van der Waals surface area contributed by atoms with Gasteiger partial charge in [-0.3, -0.25) is 9.55 Å². The first-order valence-corrected chi connectivity index (χ1v) is 19.7. The quantitative estimate of drug-likeness (QED) is 0.170. The molecule has 4 aromatic heterocycles. The molecule has 5 heteroatoms. The summed E-state index contributed by atoms with van der Waals surface area (Å²) in [6.07, 6.45) is 5.70. The third-order valence-electron chi connectivity index (χ3n) is 11.3. The summed E-state index contributed by atoms with van der Waals surface area (Å²) in [6, 6.07) is 60.8. The zero-order chi connectivity index (χ0) is 38.7. The van der Waals surface area contributed by atoms with Crippen molar-refractivity contribution in [1.82, 2.24) is 24.1 Å². The summed E-state index contributed by atoms with van der Waals surface area (Å²) in [5.41, 5.74) is 16.8. The van der Waals surface area contributed by atoms with E-state index in [1.54, 1.807) is 0 Å². The highest BCUT2D eigenvalue weighted by atomic mass is 15.2. The molecule has 7 aromatic carbocycles. The first-order chi connectivity index (χ1) is 28.6. The maximum atomic E-state index is 5.20. The van der Waals surface area contributed by atoms with Gasteiger partial charge in [0.05, 0.1) is 27.8 Å². The highest BCUT2D eigenvalue weighted by molar-refractivity contribution is 6.12. The van der Waals surface area contributed by atoms with Gasteiger partial charge in [-0.2, -0.15) is 0 Å². The Hall–Kier alpha value is -7.63. The van der Waals surface area contributed by atoms with E-state index in [1.807, 2.05) is 30.7 Å². The van der Waals surface area contributed by atoms with E-state index >= 15 is 0 Å². The molecule has 0 N–H and O–H groups in total. The van der Waals surface area contributed by atoms with Gasteiger partial charge in [-0.25, -0.2) is 9.97 Å². The van der Waals surface area contributed by atoms with E-state index in [0.717, 1.165) is 60.9 Å². The van der Waals surface area contributed by atoms with Gasteiger partial charge in [0.2, 0.25) is 5.95 Å². The largest absolute Gasteiger partial charge is 0.309 e. The van der Waals surface area contributed by atoms with Crippen LogP contribution in [-0.4, -0.2) is 24.1 Å². The molecule has 4 heterocycles. The third kappa shape index (κ3) is 5.67. The number of hydrogen-bond acceptors (Lipinski definition) is 3. The fourth-order valence-electron chi connectivity index (χ4n) is 8.74. The van der Waals surface area contributed by atoms with E-state index in [4.69, 9.17) is 9.97 Å². The van der Waals surface area contributed by atoms with Gasteiger partial charge in [-0.05, 0) is 114 Å². The van der Waals surface area contributed by atoms with Crippen LogP contribution in [0, 0.1) is 13.8 Å². The number of fused-ring (bicyclic) bond motifs is 6. The zero-order valence-corrected chi connectivity index (χ0v) is 32.1. The molecule has 11 rings (SSSR count). The molecule has 11 aromatic rings. The van der Waals surface area contributed by atoms with Crippen molar-refractivity contribution in [2.24, 2.45) is 0 Å². The zero-order valence-electron chi connectivity index (χ0n) is 32.1. The number of nitrogens with zero attached hydrogens (tertiary/aromatic N) is 5. The molecule has 274 valence electrons. The second-order valence-electron chi connectivity index (χ2n) is 15.2. The van der Waals surface area contributed by atoms with E-state index in [1.165, 1.54) is 44.2 Å². The maximum absolute atomic E-state index is 5.20. The maximum Gasteiger partial charge on any atom is 0.235 e. The van der Waals surface area contributed by atoms with E-state index in [2.05, 4.69) is 186 Å². The second-order valence-corrected chi connectivity index (χ2v) is 15.2. The van der Waals surface area contributed by atoms with Crippen LogP contribution in [0.25, 0.3) is 99.9 Å². The molecule has 5 nitrogen and oxygen atoms in total. The van der Waals surface area contributed by atoms with Crippen molar-refractivity contribution >= 4 is 43.6 Å². The summed E-state index contributed by atoms with van der Waals surface area (Å²) >= 11 is 0. The minimum atomic E-state index is 0.634. The normalized spacial score (nSPS) is 11.6. The van der Waals surface area contributed by atoms with Crippen molar-refractivity contribution in [3.05, 3.63) is 200 Å². The lowest BCUT2D eigenvalue weighted by Gasteiger charge is -2.11. The van der Waals surface area contributed by atoms with Gasteiger partial charge in [0, 0.05) is 62.5 Å². The molecule has 0 aliphatic rings. The van der Waals surface area contributed by atoms with Crippen molar-refractivity contribution in [3.63, 3.8) is 0 Å². The topological polar surface area (TPSA) is 48.5 Å². The summed E-state index contributed by atoms with van der Waals surface area (Å²) < 4.78 is 4.59. The van der Waals surface area contributed by atoms with Crippen molar-refractivity contribution in [2.45, 2.75) is 13.8 Å². The number of aryl methyl sites for hydroxylation is 2. The summed E-state index contributed by atoms with van der Waals surface area (Å²) in [6.45, 7) is 4.34. The predicted octanol–water partition coefficient (Wildman–Crippen LogP) is 13.4. The molecule has 0 saturated carbocycles. The number of hydrogen-bond donors (Lipinski definition) is 0. The Kier molecular flexibility index (Phi) is 7.86. The lowest BCUT2D eigenvalue weighted by atomic mass is 10.00. The van der Waals surface area contributed by atoms with Crippen molar-refractivity contribution in [3.8, 4) is 56.3 Å². The van der Waals surface area contributed by atoms with Crippen molar-refractivity contribution < 1.29 is 0 Å². The SMILES string of the molecule is Cc1cc(C)cc(-n2c3ccccc3c3cc(-c4ccc5c(c4)c4ccccc4n5-c4nccc(-c5cccc(-c6cncc(-c7ccccc7)c6)c5)n4)ccc32)c1. The van der Waals surface area contributed by atoms with Crippen molar-refractivity contribution in [2.75, 3.05) is 0 Å². The van der Waals surface area contributed by atoms with E-state index in [-0.39, 0.29) is 0 Å². The van der Waals surface area contributed by atoms with Gasteiger partial charge < -0.3 is 4.57 Å². The Bertz CT molecular complexity index is 3350. The van der Waals surface area contributed by atoms with Crippen molar-refractivity contribution in [1.29, 1.82) is 0 Å². The first-order valence-electron chi connectivity index (χ1n) is 19.7. The van der Waals surface area contributed by atoms with Crippen LogP contribution in [0.4, 0.5) is 0 Å². The Balaban J connectivity index is 0.997. The molecule has 0 amide bonds. The number of aromatic nitrogens is 5. The number of pyridine rings is 1. The monoisotopic (exact) mass is 743 g/mol. The molecule has 0 unspecified atom stereocenters. The van der Waals surface area contributed by atoms with Crippen LogP contribution in [0.2, 0.25) is 0 Å². The number of rotatable bonds is 6. The second kappa shape index (κ2) is 13.5. The lowest BCUT2D eigenvalue weighted by Crippen LogP contribution is -2.01. The van der Waals surface area contributed by atoms with Gasteiger partial charge in [0.1, 0.15) is 0 Å². The molecule has 0 saturated heterocycles. The molecule has 0 radical (unpaired) electrons. The molecule has 0 atom stereocenters. The molecule has 0 aliphatic heterocycles. The molecule has 0 aliphatic carbocycles. The average molecular weight is 744 g/mol. The first kappa shape index (κ1) is 33.7. The van der Waals surface area contributed by atoms with Gasteiger partial charge >= 0.3 is 0 Å². The highest BCUT2D eigenvalue weighted by Crippen LogP contribution is 2.38. The number of benzene rings is 7. The molecule has 58 heavy (non-hydrogen) atoms. The minimum absolute atomic E-state index is 0.634. The summed E-state index contributed by atoms with van der Waals surface area (Å²) in [4.78, 5) is 14.6. The van der Waals surface area contributed by atoms with Crippen LogP contribution >= 0.6 is 0 Å². The van der Waals surface area contributed by atoms with Crippen LogP contribution in [0.15, 0.2) is 188 Å². The molecular weight excluding hydrogens is 707 g/mol. The van der Waals surface area contributed by atoms with E-state index in [9.17, 15) is 0 Å². The Labute approximate surface area is 336 Å². The summed E-state index contributed by atoms with van der Waals surface area (Å²) in [5, 5.41) is 4.81. The Morgan fingerprint density at radius 3 is 1.62 bits per heavy atom. The van der Waals surface area contributed by atoms with Crippen LogP contribution in [-0.2, 0) is 0 Å². The van der Waals surface area contributed by atoms with E-state index < -0.39 is 0 Å². The standard InChI is InChI=1S/C53H37N5/c1-34-25-35(2)27-43(26-34)57-49-17-8-6-15-44(49)46-30-38(19-21-51(46)57)39-20-22-52-47(31-39)45-16-7-9-18-50(45)58(52)53-55-24-23-48(56-53)40-14-10-13-37(28-40)42-29-41(32-54-33-42)36-11-4-3-5-12-36/h3-33H,1-2H3. The fourth-order valence-corrected chi connectivity index (χ4v) is 8.74. The molecule has 0 bridgehead atoms. The lowest BCUT2D eigenvalue weighted by molar-refractivity contribution is 0.992. The molecule has 0 fully saturated rings. The van der Waals surface area contributed by atoms with Crippen LogP contribution in [0.5, 0.6) is 0 Å². The minimum Gasteiger partial charge on any atom is -0.309 e. The van der Waals surface area contributed by atoms with Gasteiger partial charge in [-0.15, -0.1) is 0 Å². The summed E-state index contributed by atoms with van der Waals surface area (Å²) in [5.74, 6) is 0.634. The van der Waals surface area contributed by atoms with Crippen LogP contribution in [0.3, 0.4) is 0 Å². The Morgan fingerprint density at radius 2 is 0.914 bits per heavy atom. The molecular formula is C53H37N5. The van der Waals surface area contributed by atoms with Crippen LogP contribution < -0.4 is 0 Å². The predicted molar refractivity (Wildman–Crippen MR) is 240 cm³/mol. The smallest absolute Gasteiger partial charge is 0.235 e. The fraction of sp³-hybridized carbons (Fsp3) is 0.0377. The Morgan fingerprint density at radius 1 is 0.379 bits per heavy atom.